The third-order valence-electron chi connectivity index (χ3n) is 3.58. The van der Waals surface area contributed by atoms with Gasteiger partial charge in [-0.2, -0.15) is 0 Å². The van der Waals surface area contributed by atoms with Crippen LogP contribution in [0.2, 0.25) is 5.02 Å². The molecule has 0 aliphatic heterocycles. The predicted molar refractivity (Wildman–Crippen MR) is 98.0 cm³/mol. The van der Waals surface area contributed by atoms with Gasteiger partial charge in [-0.05, 0) is 50.1 Å². The average molecular weight is 384 g/mol. The first-order valence-corrected chi connectivity index (χ1v) is 9.07. The van der Waals surface area contributed by atoms with Gasteiger partial charge in [-0.3, -0.25) is 4.79 Å². The molecule has 0 radical (unpaired) electrons. The van der Waals surface area contributed by atoms with E-state index >= 15 is 0 Å². The summed E-state index contributed by atoms with van der Waals surface area (Å²) in [6.45, 7) is 5.50. The smallest absolute Gasteiger partial charge is 0.349 e. The van der Waals surface area contributed by atoms with Gasteiger partial charge in [0.25, 0.3) is 5.91 Å². The van der Waals surface area contributed by atoms with Crippen LogP contribution in [0.15, 0.2) is 24.3 Å². The zero-order valence-electron chi connectivity index (χ0n) is 14.2. The van der Waals surface area contributed by atoms with Gasteiger partial charge in [0.2, 0.25) is 0 Å². The molecule has 25 heavy (non-hydrogen) atoms. The first-order chi connectivity index (χ1) is 11.8. The molecule has 0 aliphatic carbocycles. The Balaban J connectivity index is 2.00. The predicted octanol–water partition coefficient (Wildman–Crippen LogP) is 4.99. The molecule has 0 fully saturated rings. The molecule has 1 aromatic carbocycles. The van der Waals surface area contributed by atoms with Crippen molar-refractivity contribution in [3.8, 4) is 0 Å². The maximum Gasteiger partial charge on any atom is 0.349 e. The molecule has 1 N–H and O–H groups in total. The average Bonchev–Trinajstić information content (AvgIpc) is 2.91. The van der Waals surface area contributed by atoms with Crippen LogP contribution in [0, 0.1) is 12.7 Å². The van der Waals surface area contributed by atoms with Crippen LogP contribution in [0.5, 0.6) is 0 Å². The minimum Gasteiger partial charge on any atom is -0.448 e. The maximum absolute atomic E-state index is 13.0. The molecule has 1 atom stereocenters. The lowest BCUT2D eigenvalue weighted by molar-refractivity contribution is -0.123. The monoisotopic (exact) mass is 383 g/mol. The number of ether oxygens (including phenoxy) is 1. The lowest BCUT2D eigenvalue weighted by Crippen LogP contribution is -2.29. The van der Waals surface area contributed by atoms with Gasteiger partial charge >= 0.3 is 5.97 Å². The number of carbonyl (C=O) groups excluding carboxylic acids is 2. The van der Waals surface area contributed by atoms with Gasteiger partial charge in [-0.1, -0.05) is 24.9 Å². The van der Waals surface area contributed by atoms with Crippen molar-refractivity contribution in [3.63, 3.8) is 0 Å². The number of benzene rings is 1. The van der Waals surface area contributed by atoms with E-state index in [0.29, 0.717) is 4.88 Å². The molecule has 1 aromatic heterocycles. The van der Waals surface area contributed by atoms with Crippen LogP contribution in [-0.4, -0.2) is 18.0 Å². The van der Waals surface area contributed by atoms with Gasteiger partial charge in [-0.15, -0.1) is 11.3 Å². The van der Waals surface area contributed by atoms with Crippen molar-refractivity contribution < 1.29 is 18.7 Å². The first kappa shape index (κ1) is 19.4. The van der Waals surface area contributed by atoms with Crippen molar-refractivity contribution in [2.24, 2.45) is 0 Å². The third kappa shape index (κ3) is 5.03. The number of nitrogens with one attached hydrogen (secondary N) is 1. The van der Waals surface area contributed by atoms with Gasteiger partial charge in [0.05, 0.1) is 10.7 Å². The second-order valence-corrected chi connectivity index (χ2v) is 7.27. The van der Waals surface area contributed by atoms with E-state index in [1.54, 1.807) is 0 Å². The van der Waals surface area contributed by atoms with Crippen molar-refractivity contribution in [3.05, 3.63) is 50.4 Å². The van der Waals surface area contributed by atoms with E-state index in [2.05, 4.69) is 12.2 Å². The van der Waals surface area contributed by atoms with Gasteiger partial charge in [0.1, 0.15) is 10.7 Å². The molecule has 0 saturated carbocycles. The lowest BCUT2D eigenvalue weighted by atomic mass is 10.1. The fourth-order valence-corrected chi connectivity index (χ4v) is 3.40. The molecule has 0 aliphatic rings. The zero-order chi connectivity index (χ0) is 18.6. The summed E-state index contributed by atoms with van der Waals surface area (Å²) in [6, 6.07) is 5.44. The van der Waals surface area contributed by atoms with Crippen molar-refractivity contribution >= 4 is 40.5 Å². The molecule has 134 valence electrons. The minimum absolute atomic E-state index is 0.0740. The van der Waals surface area contributed by atoms with E-state index in [1.165, 1.54) is 30.4 Å². The van der Waals surface area contributed by atoms with Crippen molar-refractivity contribution in [2.75, 3.05) is 5.32 Å². The highest BCUT2D eigenvalue weighted by Crippen LogP contribution is 2.25. The number of thiophene rings is 1. The number of hydrogen-bond donors (Lipinski definition) is 1. The number of hydrogen-bond acceptors (Lipinski definition) is 4. The molecule has 7 heteroatoms. The Kier molecular flexibility index (Phi) is 6.56. The summed E-state index contributed by atoms with van der Waals surface area (Å²) >= 11 is 7.22. The molecule has 4 nitrogen and oxygen atoms in total. The maximum atomic E-state index is 13.0. The highest BCUT2D eigenvalue weighted by Gasteiger charge is 2.21. The Labute approximate surface area is 155 Å². The molecule has 1 heterocycles. The summed E-state index contributed by atoms with van der Waals surface area (Å²) in [7, 11) is 0. The van der Waals surface area contributed by atoms with Crippen LogP contribution < -0.4 is 5.32 Å². The fourth-order valence-electron chi connectivity index (χ4n) is 2.24. The molecule has 0 unspecified atom stereocenters. The van der Waals surface area contributed by atoms with E-state index < -0.39 is 23.8 Å². The van der Waals surface area contributed by atoms with E-state index in [0.717, 1.165) is 29.3 Å². The minimum atomic E-state index is -1.01. The van der Waals surface area contributed by atoms with Crippen LogP contribution in [-0.2, 0) is 16.0 Å². The van der Waals surface area contributed by atoms with Crippen LogP contribution in [0.3, 0.4) is 0 Å². The Bertz CT molecular complexity index is 791. The Morgan fingerprint density at radius 3 is 2.72 bits per heavy atom. The molecular weight excluding hydrogens is 365 g/mol. The number of amides is 1. The highest BCUT2D eigenvalue weighted by molar-refractivity contribution is 7.14. The summed E-state index contributed by atoms with van der Waals surface area (Å²) in [5.74, 6) is -1.58. The molecule has 0 saturated heterocycles. The second kappa shape index (κ2) is 8.45. The normalized spacial score (nSPS) is 11.9. The molecule has 2 rings (SSSR count). The largest absolute Gasteiger partial charge is 0.448 e. The van der Waals surface area contributed by atoms with E-state index in [1.807, 2.05) is 13.0 Å². The van der Waals surface area contributed by atoms with E-state index in [9.17, 15) is 14.0 Å². The van der Waals surface area contributed by atoms with Crippen molar-refractivity contribution in [1.82, 2.24) is 0 Å². The quantitative estimate of drug-likeness (QED) is 0.715. The van der Waals surface area contributed by atoms with E-state index in [-0.39, 0.29) is 10.7 Å². The topological polar surface area (TPSA) is 55.4 Å². The Morgan fingerprint density at radius 2 is 2.08 bits per heavy atom. The fraction of sp³-hybridized carbons (Fsp3) is 0.333. The number of anilines is 1. The SMILES string of the molecule is CCCc1cc(C(=O)O[C@@H](C)C(=O)Nc2ccc(F)cc2Cl)sc1C. The zero-order valence-corrected chi connectivity index (χ0v) is 15.8. The molecule has 2 aromatic rings. The number of halogens is 2. The summed E-state index contributed by atoms with van der Waals surface area (Å²) in [5, 5.41) is 2.59. The first-order valence-electron chi connectivity index (χ1n) is 7.88. The standard InChI is InChI=1S/C18H19ClFNO3S/c1-4-5-12-8-16(25-11(12)3)18(23)24-10(2)17(22)21-15-7-6-13(20)9-14(15)19/h6-10H,4-5H2,1-3H3,(H,21,22)/t10-/m0/s1. The number of aryl methyl sites for hydroxylation is 2. The Morgan fingerprint density at radius 1 is 1.36 bits per heavy atom. The van der Waals surface area contributed by atoms with Gasteiger partial charge in [0, 0.05) is 4.88 Å². The van der Waals surface area contributed by atoms with Crippen molar-refractivity contribution in [1.29, 1.82) is 0 Å². The van der Waals surface area contributed by atoms with Crippen LogP contribution in [0.25, 0.3) is 0 Å². The molecular formula is C18H19ClFNO3S. The number of esters is 1. The molecule has 1 amide bonds. The van der Waals surface area contributed by atoms with Gasteiger partial charge in [0.15, 0.2) is 6.10 Å². The number of carbonyl (C=O) groups is 2. The highest BCUT2D eigenvalue weighted by atomic mass is 35.5. The Hall–Kier alpha value is -1.92. The summed E-state index contributed by atoms with van der Waals surface area (Å²) in [4.78, 5) is 25.9. The summed E-state index contributed by atoms with van der Waals surface area (Å²) in [5.41, 5.74) is 1.38. The second-order valence-electron chi connectivity index (χ2n) is 5.60. The number of rotatable bonds is 6. The summed E-state index contributed by atoms with van der Waals surface area (Å²) in [6.07, 6.45) is 0.878. The van der Waals surface area contributed by atoms with Gasteiger partial charge in [-0.25, -0.2) is 9.18 Å². The van der Waals surface area contributed by atoms with Gasteiger partial charge < -0.3 is 10.1 Å². The summed E-state index contributed by atoms with van der Waals surface area (Å²) < 4.78 is 18.3. The van der Waals surface area contributed by atoms with E-state index in [4.69, 9.17) is 16.3 Å². The molecule has 0 spiro atoms. The van der Waals surface area contributed by atoms with Crippen LogP contribution >= 0.6 is 22.9 Å². The van der Waals surface area contributed by atoms with Crippen LogP contribution in [0.1, 0.15) is 40.4 Å². The van der Waals surface area contributed by atoms with Crippen LogP contribution in [0.4, 0.5) is 10.1 Å². The molecule has 0 bridgehead atoms. The lowest BCUT2D eigenvalue weighted by Gasteiger charge is -2.13. The third-order valence-corrected chi connectivity index (χ3v) is 4.97. The van der Waals surface area contributed by atoms with Crippen molar-refractivity contribution in [2.45, 2.75) is 39.7 Å².